The summed E-state index contributed by atoms with van der Waals surface area (Å²) in [5, 5.41) is 3.40. The van der Waals surface area contributed by atoms with Crippen LogP contribution in [-0.2, 0) is 20.0 Å². The number of benzene rings is 1. The van der Waals surface area contributed by atoms with Crippen molar-refractivity contribution in [2.24, 2.45) is 7.05 Å². The van der Waals surface area contributed by atoms with Crippen molar-refractivity contribution in [3.63, 3.8) is 0 Å². The van der Waals surface area contributed by atoms with Gasteiger partial charge in [0.25, 0.3) is 5.91 Å². The van der Waals surface area contributed by atoms with Gasteiger partial charge in [-0.25, -0.2) is 9.97 Å². The van der Waals surface area contributed by atoms with Gasteiger partial charge < -0.3 is 9.88 Å². The molecule has 6 nitrogen and oxygen atoms in total. The molecule has 0 spiro atoms. The molecule has 1 N–H and O–H groups in total. The number of hydrogen-bond donors (Lipinski definition) is 1. The van der Waals surface area contributed by atoms with Gasteiger partial charge in [-0.15, -0.1) is 0 Å². The van der Waals surface area contributed by atoms with E-state index in [0.717, 1.165) is 5.69 Å². The van der Waals surface area contributed by atoms with E-state index >= 15 is 0 Å². The summed E-state index contributed by atoms with van der Waals surface area (Å²) in [4.78, 5) is 23.1. The number of pyridine rings is 1. The van der Waals surface area contributed by atoms with Crippen molar-refractivity contribution in [3.05, 3.63) is 62.9 Å². The van der Waals surface area contributed by atoms with Crippen LogP contribution in [0.1, 0.15) is 28.4 Å². The van der Waals surface area contributed by atoms with Gasteiger partial charge in [0.05, 0.1) is 27.8 Å². The number of imidazole rings is 1. The molecule has 12 heteroatoms. The van der Waals surface area contributed by atoms with Crippen molar-refractivity contribution in [2.45, 2.75) is 25.6 Å². The third-order valence-electron chi connectivity index (χ3n) is 5.63. The van der Waals surface area contributed by atoms with Gasteiger partial charge in [0.1, 0.15) is 5.15 Å². The first-order valence-electron chi connectivity index (χ1n) is 10.3. The third kappa shape index (κ3) is 5.17. The first kappa shape index (κ1) is 24.8. The molecule has 3 aromatic rings. The van der Waals surface area contributed by atoms with Crippen molar-refractivity contribution in [1.29, 1.82) is 0 Å². The number of rotatable bonds is 5. The summed E-state index contributed by atoms with van der Waals surface area (Å²) >= 11 is 18.9. The van der Waals surface area contributed by atoms with Crippen LogP contribution in [0.5, 0.6) is 0 Å². The van der Waals surface area contributed by atoms with Crippen LogP contribution in [0, 0.1) is 0 Å². The van der Waals surface area contributed by atoms with E-state index < -0.39 is 18.5 Å². The van der Waals surface area contributed by atoms with Gasteiger partial charge in [-0.05, 0) is 12.1 Å². The Morgan fingerprint density at radius 3 is 2.62 bits per heavy atom. The number of amides is 1. The number of carbonyl (C=O) groups is 1. The topological polar surface area (TPSA) is 63.1 Å². The second kappa shape index (κ2) is 9.73. The number of carbonyl (C=O) groups excluding carboxylic acids is 1. The molecule has 4 rings (SSSR count). The third-order valence-corrected chi connectivity index (χ3v) is 6.81. The van der Waals surface area contributed by atoms with Crippen molar-refractivity contribution >= 4 is 46.4 Å². The van der Waals surface area contributed by atoms with Crippen LogP contribution >= 0.6 is 34.8 Å². The van der Waals surface area contributed by atoms with Crippen LogP contribution in [0.15, 0.2) is 30.5 Å². The first-order valence-corrected chi connectivity index (χ1v) is 11.4. The smallest absolute Gasteiger partial charge is 0.327 e. The molecule has 1 aliphatic rings. The number of aromatic nitrogens is 3. The molecule has 1 aromatic carbocycles. The van der Waals surface area contributed by atoms with Crippen molar-refractivity contribution in [2.75, 3.05) is 18.4 Å². The quantitative estimate of drug-likeness (QED) is 0.409. The lowest BCUT2D eigenvalue weighted by atomic mass is 10.1. The zero-order valence-corrected chi connectivity index (χ0v) is 20.2. The molecular formula is C22H19Cl3F3N5O. The number of alkyl halides is 3. The van der Waals surface area contributed by atoms with Crippen LogP contribution < -0.4 is 5.32 Å². The second-order valence-corrected chi connectivity index (χ2v) is 8.98. The Bertz CT molecular complexity index is 1250. The molecule has 0 unspecified atom stereocenters. The number of fused-ring (bicyclic) bond motifs is 1. The minimum Gasteiger partial charge on any atom is -0.327 e. The maximum atomic E-state index is 13.0. The monoisotopic (exact) mass is 531 g/mol. The maximum absolute atomic E-state index is 13.0. The molecule has 1 aliphatic heterocycles. The van der Waals surface area contributed by atoms with Crippen LogP contribution in [-0.4, -0.2) is 44.6 Å². The van der Waals surface area contributed by atoms with E-state index in [9.17, 15) is 18.0 Å². The van der Waals surface area contributed by atoms with Gasteiger partial charge in [0.2, 0.25) is 0 Å². The average Bonchev–Trinajstić information content (AvgIpc) is 3.11. The fraction of sp³-hybridized carbons (Fsp3) is 0.318. The van der Waals surface area contributed by atoms with E-state index in [2.05, 4.69) is 15.3 Å². The van der Waals surface area contributed by atoms with Crippen molar-refractivity contribution in [3.8, 4) is 11.1 Å². The number of hydrogen-bond acceptors (Lipinski definition) is 4. The molecule has 2 aromatic heterocycles. The summed E-state index contributed by atoms with van der Waals surface area (Å²) in [6.45, 7) is 0.613. The van der Waals surface area contributed by atoms with Crippen LogP contribution in [0.25, 0.3) is 11.1 Å². The van der Waals surface area contributed by atoms with Crippen molar-refractivity contribution < 1.29 is 18.0 Å². The first-order chi connectivity index (χ1) is 16.0. The fourth-order valence-corrected chi connectivity index (χ4v) is 4.55. The van der Waals surface area contributed by atoms with Crippen molar-refractivity contribution in [1.82, 2.24) is 19.4 Å². The Labute approximate surface area is 208 Å². The normalized spacial score (nSPS) is 14.2. The Morgan fingerprint density at radius 1 is 1.15 bits per heavy atom. The van der Waals surface area contributed by atoms with E-state index in [1.165, 1.54) is 6.20 Å². The highest BCUT2D eigenvalue weighted by Crippen LogP contribution is 2.39. The predicted molar refractivity (Wildman–Crippen MR) is 126 cm³/mol. The second-order valence-electron chi connectivity index (χ2n) is 7.86. The Kier molecular flexibility index (Phi) is 7.09. The zero-order valence-electron chi connectivity index (χ0n) is 17.9. The average molecular weight is 533 g/mol. The zero-order chi connectivity index (χ0) is 24.6. The Balaban J connectivity index is 1.55. The lowest BCUT2D eigenvalue weighted by Gasteiger charge is -2.26. The van der Waals surface area contributed by atoms with Gasteiger partial charge in [-0.2, -0.15) is 13.2 Å². The van der Waals surface area contributed by atoms with Gasteiger partial charge in [0, 0.05) is 56.1 Å². The summed E-state index contributed by atoms with van der Waals surface area (Å²) in [5.41, 5.74) is 2.90. The SMILES string of the molecule is Cn1c(C(=O)Nc2cccc(-c3ccnc(Cl)c3Cl)c2Cl)nc2c1CCN(CCC(F)(F)F)C2. The molecule has 0 radical (unpaired) electrons. The standard InChI is InChI=1S/C22H19Cl3F3N5O/c1-32-16-6-9-33(10-7-22(26,27)28)11-15(16)30-20(32)21(34)31-14-4-2-3-12(17(14)23)13-5-8-29-19(25)18(13)24/h2-5,8H,6-7,9-11H2,1H3,(H,31,34). The van der Waals surface area contributed by atoms with Gasteiger partial charge in [-0.1, -0.05) is 46.9 Å². The van der Waals surface area contributed by atoms with Crippen LogP contribution in [0.3, 0.4) is 0 Å². The van der Waals surface area contributed by atoms with Gasteiger partial charge in [0.15, 0.2) is 5.82 Å². The Morgan fingerprint density at radius 2 is 1.88 bits per heavy atom. The molecule has 180 valence electrons. The summed E-state index contributed by atoms with van der Waals surface area (Å²) in [5.74, 6) is -0.342. The molecule has 0 fully saturated rings. The highest BCUT2D eigenvalue weighted by atomic mass is 35.5. The summed E-state index contributed by atoms with van der Waals surface area (Å²) in [6, 6.07) is 6.76. The Hall–Kier alpha value is -2.33. The van der Waals surface area contributed by atoms with Gasteiger partial charge in [-0.3, -0.25) is 9.69 Å². The summed E-state index contributed by atoms with van der Waals surface area (Å²) in [6.07, 6.45) is -3.10. The molecule has 0 aliphatic carbocycles. The minimum atomic E-state index is -4.21. The number of anilines is 1. The molecule has 34 heavy (non-hydrogen) atoms. The highest BCUT2D eigenvalue weighted by Gasteiger charge is 2.30. The number of nitrogens with one attached hydrogen (secondary N) is 1. The van der Waals surface area contributed by atoms with Crippen LogP contribution in [0.4, 0.5) is 18.9 Å². The maximum Gasteiger partial charge on any atom is 0.390 e. The minimum absolute atomic E-state index is 0.106. The lowest BCUT2D eigenvalue weighted by molar-refractivity contribution is -0.138. The molecular weight excluding hydrogens is 514 g/mol. The van der Waals surface area contributed by atoms with E-state index in [1.54, 1.807) is 40.8 Å². The highest BCUT2D eigenvalue weighted by molar-refractivity contribution is 6.44. The van der Waals surface area contributed by atoms with E-state index in [4.69, 9.17) is 34.8 Å². The number of halogens is 6. The van der Waals surface area contributed by atoms with E-state index in [0.29, 0.717) is 35.5 Å². The summed E-state index contributed by atoms with van der Waals surface area (Å²) < 4.78 is 39.4. The largest absolute Gasteiger partial charge is 0.390 e. The van der Waals surface area contributed by atoms with Gasteiger partial charge >= 0.3 is 6.18 Å². The lowest BCUT2D eigenvalue weighted by Crippen LogP contribution is -2.34. The molecule has 1 amide bonds. The summed E-state index contributed by atoms with van der Waals surface area (Å²) in [7, 11) is 1.71. The van der Waals surface area contributed by atoms with E-state index in [-0.39, 0.29) is 34.1 Å². The molecule has 0 bridgehead atoms. The fourth-order valence-electron chi connectivity index (χ4n) is 3.90. The predicted octanol–water partition coefficient (Wildman–Crippen LogP) is 6.01. The number of nitrogens with zero attached hydrogens (tertiary/aromatic N) is 4. The molecule has 3 heterocycles. The molecule has 0 saturated heterocycles. The molecule has 0 saturated carbocycles. The van der Waals surface area contributed by atoms with Crippen LogP contribution in [0.2, 0.25) is 15.2 Å². The van der Waals surface area contributed by atoms with E-state index in [1.807, 2.05) is 0 Å². The molecule has 0 atom stereocenters.